The molecule has 3 heteroatoms. The number of nitrogens with one attached hydrogen (secondary N) is 1. The van der Waals surface area contributed by atoms with Crippen molar-refractivity contribution >= 4 is 17.7 Å². The van der Waals surface area contributed by atoms with Gasteiger partial charge >= 0.3 is 0 Å². The smallest absolute Gasteiger partial charge is 0.233 e. The first-order chi connectivity index (χ1) is 7.74. The maximum absolute atomic E-state index is 11.7. The molecule has 1 N–H and O–H groups in total. The Bertz CT molecular complexity index is 313. The molecular weight excluding hydrogens is 218 g/mol. The van der Waals surface area contributed by atoms with E-state index in [0.717, 1.165) is 24.3 Å². The molecular formula is C13H19NOS. The van der Waals surface area contributed by atoms with Crippen molar-refractivity contribution in [3.05, 3.63) is 30.3 Å². The second-order valence-corrected chi connectivity index (χ2v) is 5.13. The molecule has 0 aliphatic rings. The van der Waals surface area contributed by atoms with Gasteiger partial charge in [-0.05, 0) is 25.5 Å². The molecule has 1 atom stereocenters. The number of carbonyl (C=O) groups excluding carboxylic acids is 1. The van der Waals surface area contributed by atoms with Crippen molar-refractivity contribution in [1.29, 1.82) is 0 Å². The van der Waals surface area contributed by atoms with Gasteiger partial charge in [0.2, 0.25) is 5.91 Å². The Labute approximate surface area is 102 Å². The monoisotopic (exact) mass is 237 g/mol. The molecule has 0 unspecified atom stereocenters. The number of unbranched alkanes of at least 4 members (excludes halogenated alkanes) is 1. The second kappa shape index (κ2) is 7.34. The van der Waals surface area contributed by atoms with Gasteiger partial charge in [-0.25, -0.2) is 0 Å². The first-order valence-corrected chi connectivity index (χ1v) is 6.61. The van der Waals surface area contributed by atoms with Gasteiger partial charge < -0.3 is 5.32 Å². The van der Waals surface area contributed by atoms with Crippen LogP contribution in [0, 0.1) is 0 Å². The molecule has 0 heterocycles. The minimum atomic E-state index is -0.0285. The molecule has 0 radical (unpaired) electrons. The van der Waals surface area contributed by atoms with Gasteiger partial charge in [0.15, 0.2) is 0 Å². The van der Waals surface area contributed by atoms with Crippen LogP contribution in [0.2, 0.25) is 0 Å². The van der Waals surface area contributed by atoms with Gasteiger partial charge in [0.05, 0.1) is 5.25 Å². The Morgan fingerprint density at radius 3 is 2.69 bits per heavy atom. The van der Waals surface area contributed by atoms with E-state index >= 15 is 0 Å². The van der Waals surface area contributed by atoms with Crippen LogP contribution >= 0.6 is 11.8 Å². The molecule has 0 aliphatic carbocycles. The van der Waals surface area contributed by atoms with Crippen LogP contribution in [-0.2, 0) is 4.79 Å². The van der Waals surface area contributed by atoms with Crippen LogP contribution < -0.4 is 5.32 Å². The fourth-order valence-electron chi connectivity index (χ4n) is 1.29. The van der Waals surface area contributed by atoms with Gasteiger partial charge in [-0.3, -0.25) is 4.79 Å². The number of benzene rings is 1. The Hall–Kier alpha value is -0.960. The van der Waals surface area contributed by atoms with Crippen molar-refractivity contribution in [2.45, 2.75) is 36.8 Å². The number of carbonyl (C=O) groups is 1. The van der Waals surface area contributed by atoms with Gasteiger partial charge in [0.1, 0.15) is 0 Å². The SMILES string of the molecule is CCCCNC(=O)[C@H](C)Sc1ccccc1. The summed E-state index contributed by atoms with van der Waals surface area (Å²) in [5, 5.41) is 2.92. The molecule has 0 saturated heterocycles. The van der Waals surface area contributed by atoms with E-state index in [0.29, 0.717) is 0 Å². The fourth-order valence-corrected chi connectivity index (χ4v) is 2.20. The zero-order valence-corrected chi connectivity index (χ0v) is 10.7. The minimum absolute atomic E-state index is 0.0285. The number of hydrogen-bond donors (Lipinski definition) is 1. The van der Waals surface area contributed by atoms with Crippen molar-refractivity contribution in [2.24, 2.45) is 0 Å². The molecule has 88 valence electrons. The van der Waals surface area contributed by atoms with Crippen molar-refractivity contribution < 1.29 is 4.79 Å². The number of amides is 1. The van der Waals surface area contributed by atoms with E-state index in [9.17, 15) is 4.79 Å². The Balaban J connectivity index is 2.34. The Kier molecular flexibility index (Phi) is 6.01. The van der Waals surface area contributed by atoms with Crippen LogP contribution in [0.25, 0.3) is 0 Å². The van der Waals surface area contributed by atoms with Crippen LogP contribution in [0.15, 0.2) is 35.2 Å². The van der Waals surface area contributed by atoms with E-state index in [1.54, 1.807) is 11.8 Å². The molecule has 0 aromatic heterocycles. The van der Waals surface area contributed by atoms with E-state index in [2.05, 4.69) is 12.2 Å². The van der Waals surface area contributed by atoms with Gasteiger partial charge in [-0.15, -0.1) is 11.8 Å². The lowest BCUT2D eigenvalue weighted by Gasteiger charge is -2.11. The number of thioether (sulfide) groups is 1. The van der Waals surface area contributed by atoms with Crippen LogP contribution in [0.4, 0.5) is 0 Å². The zero-order chi connectivity index (χ0) is 11.8. The third kappa shape index (κ3) is 4.71. The first-order valence-electron chi connectivity index (χ1n) is 5.73. The standard InChI is InChI=1S/C13H19NOS/c1-3-4-10-14-13(15)11(2)16-12-8-6-5-7-9-12/h5-9,11H,3-4,10H2,1-2H3,(H,14,15)/t11-/m0/s1. The van der Waals surface area contributed by atoms with Crippen LogP contribution in [0.3, 0.4) is 0 Å². The van der Waals surface area contributed by atoms with E-state index < -0.39 is 0 Å². The minimum Gasteiger partial charge on any atom is -0.355 e. The average molecular weight is 237 g/mol. The molecule has 1 aromatic rings. The van der Waals surface area contributed by atoms with E-state index in [1.807, 2.05) is 37.3 Å². The lowest BCUT2D eigenvalue weighted by Crippen LogP contribution is -2.31. The Morgan fingerprint density at radius 2 is 2.06 bits per heavy atom. The summed E-state index contributed by atoms with van der Waals surface area (Å²) in [7, 11) is 0. The second-order valence-electron chi connectivity index (χ2n) is 3.72. The largest absolute Gasteiger partial charge is 0.355 e. The summed E-state index contributed by atoms with van der Waals surface area (Å²) in [5.74, 6) is 0.127. The quantitative estimate of drug-likeness (QED) is 0.608. The van der Waals surface area contributed by atoms with E-state index in [1.165, 1.54) is 0 Å². The van der Waals surface area contributed by atoms with Crippen molar-refractivity contribution in [3.8, 4) is 0 Å². The van der Waals surface area contributed by atoms with Crippen LogP contribution in [-0.4, -0.2) is 17.7 Å². The topological polar surface area (TPSA) is 29.1 Å². The highest BCUT2D eigenvalue weighted by atomic mass is 32.2. The predicted octanol–water partition coefficient (Wildman–Crippen LogP) is 3.08. The van der Waals surface area contributed by atoms with Gasteiger partial charge in [-0.1, -0.05) is 31.5 Å². The molecule has 0 bridgehead atoms. The molecule has 0 spiro atoms. The van der Waals surface area contributed by atoms with E-state index in [4.69, 9.17) is 0 Å². The van der Waals surface area contributed by atoms with Crippen molar-refractivity contribution in [1.82, 2.24) is 5.32 Å². The average Bonchev–Trinajstić information content (AvgIpc) is 2.30. The first kappa shape index (κ1) is 13.1. The Morgan fingerprint density at radius 1 is 1.38 bits per heavy atom. The zero-order valence-electron chi connectivity index (χ0n) is 9.90. The fraction of sp³-hybridized carbons (Fsp3) is 0.462. The van der Waals surface area contributed by atoms with Gasteiger partial charge in [0.25, 0.3) is 0 Å². The molecule has 1 rings (SSSR count). The molecule has 2 nitrogen and oxygen atoms in total. The molecule has 1 amide bonds. The molecule has 0 saturated carbocycles. The van der Waals surface area contributed by atoms with Crippen molar-refractivity contribution in [2.75, 3.05) is 6.54 Å². The summed E-state index contributed by atoms with van der Waals surface area (Å²) >= 11 is 1.60. The molecule has 0 aliphatic heterocycles. The summed E-state index contributed by atoms with van der Waals surface area (Å²) in [5.41, 5.74) is 0. The van der Waals surface area contributed by atoms with Gasteiger partial charge in [0, 0.05) is 11.4 Å². The molecule has 1 aromatic carbocycles. The maximum Gasteiger partial charge on any atom is 0.233 e. The third-order valence-corrected chi connectivity index (χ3v) is 3.37. The summed E-state index contributed by atoms with van der Waals surface area (Å²) in [6.07, 6.45) is 2.16. The highest BCUT2D eigenvalue weighted by molar-refractivity contribution is 8.00. The summed E-state index contributed by atoms with van der Waals surface area (Å²) in [6, 6.07) is 10.0. The third-order valence-electron chi connectivity index (χ3n) is 2.25. The lowest BCUT2D eigenvalue weighted by atomic mass is 10.3. The highest BCUT2D eigenvalue weighted by Crippen LogP contribution is 2.22. The lowest BCUT2D eigenvalue weighted by molar-refractivity contribution is -0.120. The highest BCUT2D eigenvalue weighted by Gasteiger charge is 2.12. The summed E-state index contributed by atoms with van der Waals surface area (Å²) < 4.78 is 0. The summed E-state index contributed by atoms with van der Waals surface area (Å²) in [6.45, 7) is 4.85. The van der Waals surface area contributed by atoms with E-state index in [-0.39, 0.29) is 11.2 Å². The predicted molar refractivity (Wildman–Crippen MR) is 69.7 cm³/mol. The molecule has 16 heavy (non-hydrogen) atoms. The maximum atomic E-state index is 11.7. The number of hydrogen-bond acceptors (Lipinski definition) is 2. The molecule has 0 fully saturated rings. The normalized spacial score (nSPS) is 12.1. The van der Waals surface area contributed by atoms with Gasteiger partial charge in [-0.2, -0.15) is 0 Å². The van der Waals surface area contributed by atoms with Crippen LogP contribution in [0.5, 0.6) is 0 Å². The van der Waals surface area contributed by atoms with Crippen LogP contribution in [0.1, 0.15) is 26.7 Å². The summed E-state index contributed by atoms with van der Waals surface area (Å²) in [4.78, 5) is 12.8. The number of rotatable bonds is 6. The van der Waals surface area contributed by atoms with Crippen molar-refractivity contribution in [3.63, 3.8) is 0 Å².